The smallest absolute Gasteiger partial charge is 0.332 e. The fraction of sp³-hybridized carbons (Fsp3) is 0.304. The third-order valence-electron chi connectivity index (χ3n) is 5.52. The van der Waals surface area contributed by atoms with E-state index in [-0.39, 0.29) is 19.7 Å². The fourth-order valence-corrected chi connectivity index (χ4v) is 3.98. The van der Waals surface area contributed by atoms with Gasteiger partial charge in [0.25, 0.3) is 5.56 Å². The van der Waals surface area contributed by atoms with Crippen molar-refractivity contribution in [1.82, 2.24) is 23.7 Å². The molecule has 3 aromatic heterocycles. The summed E-state index contributed by atoms with van der Waals surface area (Å²) in [5.74, 6) is 0.598. The Labute approximate surface area is 189 Å². The van der Waals surface area contributed by atoms with Crippen molar-refractivity contribution in [3.63, 3.8) is 0 Å². The number of benzene rings is 1. The van der Waals surface area contributed by atoms with Crippen LogP contribution in [0.25, 0.3) is 22.6 Å². The molecule has 4 aromatic rings. The van der Waals surface area contributed by atoms with Gasteiger partial charge in [0.2, 0.25) is 0 Å². The van der Waals surface area contributed by atoms with E-state index in [2.05, 4.69) is 11.9 Å². The summed E-state index contributed by atoms with van der Waals surface area (Å²) >= 11 is 5.99. The van der Waals surface area contributed by atoms with Crippen molar-refractivity contribution < 1.29 is 5.11 Å². The first kappa shape index (κ1) is 22.0. The molecule has 0 aliphatic carbocycles. The Bertz CT molecular complexity index is 1390. The molecule has 0 bridgehead atoms. The third kappa shape index (κ3) is 3.87. The second kappa shape index (κ2) is 9.10. The van der Waals surface area contributed by atoms with Crippen LogP contribution < -0.4 is 11.2 Å². The van der Waals surface area contributed by atoms with Crippen molar-refractivity contribution in [2.45, 2.75) is 32.9 Å². The highest BCUT2D eigenvalue weighted by molar-refractivity contribution is 6.30. The number of hydrogen-bond acceptors (Lipinski definition) is 5. The minimum absolute atomic E-state index is 0.114. The molecule has 32 heavy (non-hydrogen) atoms. The Morgan fingerprint density at radius 3 is 2.56 bits per heavy atom. The summed E-state index contributed by atoms with van der Waals surface area (Å²) in [5, 5.41) is 9.74. The van der Waals surface area contributed by atoms with E-state index in [9.17, 15) is 14.7 Å². The lowest BCUT2D eigenvalue weighted by Crippen LogP contribution is -2.40. The van der Waals surface area contributed by atoms with E-state index in [4.69, 9.17) is 16.6 Å². The highest BCUT2D eigenvalue weighted by Gasteiger charge is 2.22. The predicted octanol–water partition coefficient (Wildman–Crippen LogP) is 2.61. The lowest BCUT2D eigenvalue weighted by molar-refractivity contribution is 0.277. The molecule has 4 rings (SSSR count). The quantitative estimate of drug-likeness (QED) is 0.464. The van der Waals surface area contributed by atoms with Gasteiger partial charge in [-0.15, -0.1) is 0 Å². The van der Waals surface area contributed by atoms with Crippen LogP contribution in [0.4, 0.5) is 0 Å². The van der Waals surface area contributed by atoms with E-state index in [0.717, 1.165) is 22.1 Å². The normalized spacial score (nSPS) is 11.4. The topological polar surface area (TPSA) is 94.9 Å². The lowest BCUT2D eigenvalue weighted by atomic mass is 10.0. The highest BCUT2D eigenvalue weighted by atomic mass is 35.5. The van der Waals surface area contributed by atoms with Gasteiger partial charge >= 0.3 is 5.69 Å². The number of rotatable bonds is 7. The van der Waals surface area contributed by atoms with Crippen LogP contribution in [0, 0.1) is 0 Å². The maximum absolute atomic E-state index is 13.4. The molecule has 0 saturated carbocycles. The zero-order valence-corrected chi connectivity index (χ0v) is 18.7. The number of fused-ring (bicyclic) bond motifs is 1. The number of aromatic nitrogens is 5. The number of halogens is 1. The number of hydrogen-bond donors (Lipinski definition) is 1. The van der Waals surface area contributed by atoms with Crippen molar-refractivity contribution >= 4 is 22.8 Å². The van der Waals surface area contributed by atoms with Crippen LogP contribution in [0.5, 0.6) is 0 Å². The van der Waals surface area contributed by atoms with Crippen molar-refractivity contribution in [3.05, 3.63) is 79.7 Å². The first-order valence-corrected chi connectivity index (χ1v) is 10.8. The average molecular weight is 454 g/mol. The largest absolute Gasteiger partial charge is 0.396 e. The standard InChI is InChI=1S/C23H24ClN5O3/c1-3-15-7-4-5-8-18(15)20-26-21-19(29(20)14-17-10-9-16(24)13-25-17)22(31)28(11-6-12-30)23(32)27(21)2/h4-5,7-10,13,30H,3,6,11-12,14H2,1-2H3. The van der Waals surface area contributed by atoms with Gasteiger partial charge < -0.3 is 9.67 Å². The Morgan fingerprint density at radius 2 is 1.88 bits per heavy atom. The second-order valence-electron chi connectivity index (χ2n) is 7.55. The van der Waals surface area contributed by atoms with Gasteiger partial charge in [0.1, 0.15) is 5.82 Å². The van der Waals surface area contributed by atoms with Crippen LogP contribution >= 0.6 is 11.6 Å². The van der Waals surface area contributed by atoms with Gasteiger partial charge in [-0.1, -0.05) is 42.8 Å². The van der Waals surface area contributed by atoms with E-state index < -0.39 is 11.2 Å². The number of aliphatic hydroxyl groups excluding tert-OH is 1. The summed E-state index contributed by atoms with van der Waals surface area (Å²) in [4.78, 5) is 35.4. The van der Waals surface area contributed by atoms with E-state index in [1.807, 2.05) is 28.8 Å². The molecule has 0 aliphatic heterocycles. The summed E-state index contributed by atoms with van der Waals surface area (Å²) in [6, 6.07) is 11.4. The molecule has 8 nitrogen and oxygen atoms in total. The molecule has 9 heteroatoms. The Hall–Kier alpha value is -3.23. The fourth-order valence-electron chi connectivity index (χ4n) is 3.87. The molecule has 1 N–H and O–H groups in total. The number of aryl methyl sites for hydroxylation is 2. The number of nitrogens with zero attached hydrogens (tertiary/aromatic N) is 5. The van der Waals surface area contributed by atoms with E-state index in [0.29, 0.717) is 34.1 Å². The highest BCUT2D eigenvalue weighted by Crippen LogP contribution is 2.27. The zero-order valence-electron chi connectivity index (χ0n) is 18.0. The van der Waals surface area contributed by atoms with Crippen molar-refractivity contribution in [2.24, 2.45) is 7.05 Å². The van der Waals surface area contributed by atoms with E-state index in [1.165, 1.54) is 4.57 Å². The van der Waals surface area contributed by atoms with Gasteiger partial charge in [0.15, 0.2) is 11.2 Å². The maximum atomic E-state index is 13.4. The molecular formula is C23H24ClN5O3. The first-order chi connectivity index (χ1) is 15.5. The number of aliphatic hydroxyl groups is 1. The minimum Gasteiger partial charge on any atom is -0.396 e. The molecule has 0 spiro atoms. The van der Waals surface area contributed by atoms with Gasteiger partial charge in [0.05, 0.1) is 17.3 Å². The van der Waals surface area contributed by atoms with Gasteiger partial charge in [-0.3, -0.25) is 18.9 Å². The van der Waals surface area contributed by atoms with Crippen LogP contribution in [-0.2, 0) is 26.6 Å². The predicted molar refractivity (Wildman–Crippen MR) is 124 cm³/mol. The van der Waals surface area contributed by atoms with Crippen LogP contribution in [0.15, 0.2) is 52.2 Å². The molecule has 0 saturated heterocycles. The summed E-state index contributed by atoms with van der Waals surface area (Å²) in [7, 11) is 1.60. The first-order valence-electron chi connectivity index (χ1n) is 10.5. The summed E-state index contributed by atoms with van der Waals surface area (Å²) < 4.78 is 4.36. The van der Waals surface area contributed by atoms with Crippen LogP contribution in [-0.4, -0.2) is 35.4 Å². The van der Waals surface area contributed by atoms with E-state index in [1.54, 1.807) is 25.4 Å². The molecular weight excluding hydrogens is 430 g/mol. The molecule has 0 aliphatic rings. The Kier molecular flexibility index (Phi) is 6.25. The molecule has 0 atom stereocenters. The zero-order chi connectivity index (χ0) is 22.8. The molecule has 3 heterocycles. The molecule has 0 unspecified atom stereocenters. The SMILES string of the molecule is CCc1ccccc1-c1nc2c(c(=O)n(CCCO)c(=O)n2C)n1Cc1ccc(Cl)cn1. The summed E-state index contributed by atoms with van der Waals surface area (Å²) in [6.07, 6.45) is 2.66. The molecule has 0 radical (unpaired) electrons. The lowest BCUT2D eigenvalue weighted by Gasteiger charge is -2.12. The van der Waals surface area contributed by atoms with Crippen LogP contribution in [0.2, 0.25) is 5.02 Å². The number of pyridine rings is 1. The van der Waals surface area contributed by atoms with E-state index >= 15 is 0 Å². The van der Waals surface area contributed by atoms with Crippen LogP contribution in [0.1, 0.15) is 24.6 Å². The Balaban J connectivity index is 2.05. The van der Waals surface area contributed by atoms with Gasteiger partial charge in [-0.05, 0) is 30.5 Å². The monoisotopic (exact) mass is 453 g/mol. The van der Waals surface area contributed by atoms with Gasteiger partial charge in [-0.2, -0.15) is 0 Å². The average Bonchev–Trinajstić information content (AvgIpc) is 3.18. The van der Waals surface area contributed by atoms with Crippen molar-refractivity contribution in [3.8, 4) is 11.4 Å². The Morgan fingerprint density at radius 1 is 1.09 bits per heavy atom. The molecule has 166 valence electrons. The molecule has 0 amide bonds. The van der Waals surface area contributed by atoms with Crippen molar-refractivity contribution in [2.75, 3.05) is 6.61 Å². The number of imidazole rings is 1. The van der Waals surface area contributed by atoms with Gasteiger partial charge in [-0.25, -0.2) is 9.78 Å². The third-order valence-corrected chi connectivity index (χ3v) is 5.74. The van der Waals surface area contributed by atoms with Crippen LogP contribution in [0.3, 0.4) is 0 Å². The molecule has 1 aromatic carbocycles. The van der Waals surface area contributed by atoms with Crippen molar-refractivity contribution in [1.29, 1.82) is 0 Å². The molecule has 0 fully saturated rings. The minimum atomic E-state index is -0.458. The maximum Gasteiger partial charge on any atom is 0.332 e. The summed E-state index contributed by atoms with van der Waals surface area (Å²) in [5.41, 5.74) is 2.43. The van der Waals surface area contributed by atoms with Gasteiger partial charge in [0, 0.05) is 32.0 Å². The second-order valence-corrected chi connectivity index (χ2v) is 7.98. The summed E-state index contributed by atoms with van der Waals surface area (Å²) in [6.45, 7) is 2.36.